The predicted octanol–water partition coefficient (Wildman–Crippen LogP) is 2.89. The van der Waals surface area contributed by atoms with E-state index in [1.54, 1.807) is 12.1 Å². The first-order valence-corrected chi connectivity index (χ1v) is 6.78. The average molecular weight is 297 g/mol. The molecule has 100 valence electrons. The van der Waals surface area contributed by atoms with Crippen LogP contribution >= 0.6 is 22.9 Å². The lowest BCUT2D eigenvalue weighted by molar-refractivity contribution is 0.0957. The summed E-state index contributed by atoms with van der Waals surface area (Å²) in [5, 5.41) is 0.634. The summed E-state index contributed by atoms with van der Waals surface area (Å²) in [5.41, 5.74) is 3.11. The van der Waals surface area contributed by atoms with Crippen LogP contribution in [0.3, 0.4) is 0 Å². The number of hydrogen-bond donors (Lipinski definition) is 2. The lowest BCUT2D eigenvalue weighted by Crippen LogP contribution is -2.29. The van der Waals surface area contributed by atoms with Gasteiger partial charge in [0, 0.05) is 9.90 Å². The van der Waals surface area contributed by atoms with Crippen molar-refractivity contribution in [3.8, 4) is 5.75 Å². The third kappa shape index (κ3) is 3.47. The number of nitrogens with one attached hydrogen (secondary N) is 1. The fourth-order valence-electron chi connectivity index (χ4n) is 1.53. The van der Waals surface area contributed by atoms with E-state index in [9.17, 15) is 4.79 Å². The molecule has 0 fully saturated rings. The first-order valence-electron chi connectivity index (χ1n) is 5.59. The summed E-state index contributed by atoms with van der Waals surface area (Å²) in [5.74, 6) is 5.52. The van der Waals surface area contributed by atoms with Crippen LogP contribution in [0, 0.1) is 6.92 Å². The number of carbonyl (C=O) groups is 1. The lowest BCUT2D eigenvalue weighted by atomic mass is 10.2. The highest BCUT2D eigenvalue weighted by Crippen LogP contribution is 2.25. The fourth-order valence-corrected chi connectivity index (χ4v) is 2.51. The van der Waals surface area contributed by atoms with Crippen molar-refractivity contribution in [2.75, 3.05) is 0 Å². The van der Waals surface area contributed by atoms with Crippen molar-refractivity contribution in [1.29, 1.82) is 0 Å². The molecule has 1 aromatic heterocycles. The molecule has 1 aromatic carbocycles. The summed E-state index contributed by atoms with van der Waals surface area (Å²) >= 11 is 7.26. The van der Waals surface area contributed by atoms with Gasteiger partial charge >= 0.3 is 0 Å². The molecule has 0 atom stereocenters. The molecule has 0 radical (unpaired) electrons. The molecule has 19 heavy (non-hydrogen) atoms. The van der Waals surface area contributed by atoms with Crippen LogP contribution in [0.15, 0.2) is 30.3 Å². The maximum Gasteiger partial charge on any atom is 0.275 e. The number of benzene rings is 1. The van der Waals surface area contributed by atoms with Gasteiger partial charge in [0.15, 0.2) is 0 Å². The molecule has 1 amide bonds. The van der Waals surface area contributed by atoms with Crippen molar-refractivity contribution in [3.63, 3.8) is 0 Å². The van der Waals surface area contributed by atoms with Crippen molar-refractivity contribution in [2.24, 2.45) is 5.84 Å². The van der Waals surface area contributed by atoms with Gasteiger partial charge in [-0.05, 0) is 36.8 Å². The maximum atomic E-state index is 11.3. The van der Waals surface area contributed by atoms with E-state index in [0.29, 0.717) is 16.5 Å². The van der Waals surface area contributed by atoms with E-state index < -0.39 is 0 Å². The second-order valence-corrected chi connectivity index (χ2v) is 5.54. The highest BCUT2D eigenvalue weighted by atomic mass is 35.5. The van der Waals surface area contributed by atoms with E-state index in [2.05, 4.69) is 5.43 Å². The van der Waals surface area contributed by atoms with Crippen LogP contribution in [0.5, 0.6) is 5.75 Å². The van der Waals surface area contributed by atoms with Gasteiger partial charge in [-0.25, -0.2) is 5.84 Å². The molecule has 2 rings (SSSR count). The summed E-state index contributed by atoms with van der Waals surface area (Å²) in [4.78, 5) is 12.8. The Bertz CT molecular complexity index is 598. The van der Waals surface area contributed by atoms with E-state index >= 15 is 0 Å². The molecule has 1 heterocycles. The second-order valence-electron chi connectivity index (χ2n) is 3.94. The van der Waals surface area contributed by atoms with Crippen molar-refractivity contribution in [2.45, 2.75) is 13.5 Å². The minimum Gasteiger partial charge on any atom is -0.488 e. The molecule has 6 heteroatoms. The minimum absolute atomic E-state index is 0.296. The second kappa shape index (κ2) is 6.06. The van der Waals surface area contributed by atoms with Gasteiger partial charge in [0.2, 0.25) is 0 Å². The Morgan fingerprint density at radius 3 is 2.95 bits per heavy atom. The van der Waals surface area contributed by atoms with Gasteiger partial charge in [0.1, 0.15) is 12.4 Å². The Hall–Kier alpha value is -1.56. The normalized spacial score (nSPS) is 10.3. The first kappa shape index (κ1) is 13.9. The number of hydrazine groups is 1. The molecular weight excluding hydrogens is 284 g/mol. The van der Waals surface area contributed by atoms with Gasteiger partial charge in [0.25, 0.3) is 5.91 Å². The highest BCUT2D eigenvalue weighted by molar-refractivity contribution is 7.14. The number of nitrogen functional groups attached to an aromatic ring is 1. The van der Waals surface area contributed by atoms with Crippen molar-refractivity contribution in [3.05, 3.63) is 50.7 Å². The van der Waals surface area contributed by atoms with Gasteiger partial charge in [-0.15, -0.1) is 11.3 Å². The number of aryl methyl sites for hydroxylation is 1. The van der Waals surface area contributed by atoms with Gasteiger partial charge in [0.05, 0.1) is 4.88 Å². The zero-order chi connectivity index (χ0) is 13.8. The number of thiophene rings is 1. The Morgan fingerprint density at radius 1 is 1.42 bits per heavy atom. The Labute approximate surface area is 120 Å². The Kier molecular flexibility index (Phi) is 4.42. The molecule has 0 aliphatic heterocycles. The lowest BCUT2D eigenvalue weighted by Gasteiger charge is -2.08. The van der Waals surface area contributed by atoms with Crippen LogP contribution in [0.25, 0.3) is 0 Å². The molecule has 0 saturated heterocycles. The third-order valence-corrected chi connectivity index (χ3v) is 3.83. The van der Waals surface area contributed by atoms with Crippen molar-refractivity contribution < 1.29 is 9.53 Å². The molecule has 0 unspecified atom stereocenters. The van der Waals surface area contributed by atoms with Crippen LogP contribution in [-0.2, 0) is 6.61 Å². The van der Waals surface area contributed by atoms with Gasteiger partial charge in [-0.3, -0.25) is 10.2 Å². The Balaban J connectivity index is 2.04. The van der Waals surface area contributed by atoms with E-state index in [-0.39, 0.29) is 5.91 Å². The summed E-state index contributed by atoms with van der Waals surface area (Å²) < 4.78 is 5.69. The number of nitrogens with two attached hydrogens (primary N) is 1. The molecule has 4 nitrogen and oxygen atoms in total. The van der Waals surface area contributed by atoms with E-state index in [4.69, 9.17) is 22.2 Å². The third-order valence-electron chi connectivity index (χ3n) is 2.54. The average Bonchev–Trinajstić information content (AvgIpc) is 2.88. The molecule has 3 N–H and O–H groups in total. The monoisotopic (exact) mass is 296 g/mol. The molecule has 0 spiro atoms. The standard InChI is InChI=1S/C13H13ClN2O2S/c1-8-2-3-9(14)6-11(8)18-7-10-4-5-12(19-10)13(17)16-15/h2-6H,7,15H2,1H3,(H,16,17). The number of halogens is 1. The summed E-state index contributed by atoms with van der Waals surface area (Å²) in [7, 11) is 0. The summed E-state index contributed by atoms with van der Waals surface area (Å²) in [6.07, 6.45) is 0. The van der Waals surface area contributed by atoms with Crippen LogP contribution in [-0.4, -0.2) is 5.91 Å². The molecule has 0 saturated carbocycles. The fraction of sp³-hybridized carbons (Fsp3) is 0.154. The number of rotatable bonds is 4. The highest BCUT2D eigenvalue weighted by Gasteiger charge is 2.08. The van der Waals surface area contributed by atoms with Gasteiger partial charge in [-0.1, -0.05) is 17.7 Å². The predicted molar refractivity (Wildman–Crippen MR) is 76.5 cm³/mol. The zero-order valence-electron chi connectivity index (χ0n) is 10.3. The maximum absolute atomic E-state index is 11.3. The van der Waals surface area contributed by atoms with Gasteiger partial charge < -0.3 is 4.74 Å². The van der Waals surface area contributed by atoms with Crippen LogP contribution in [0.1, 0.15) is 20.1 Å². The quantitative estimate of drug-likeness (QED) is 0.518. The number of hydrogen-bond acceptors (Lipinski definition) is 4. The molecule has 2 aromatic rings. The first-order chi connectivity index (χ1) is 9.10. The largest absolute Gasteiger partial charge is 0.488 e. The van der Waals surface area contributed by atoms with Crippen molar-refractivity contribution in [1.82, 2.24) is 5.43 Å². The topological polar surface area (TPSA) is 64.3 Å². The Morgan fingerprint density at radius 2 is 2.21 bits per heavy atom. The number of carbonyl (C=O) groups excluding carboxylic acids is 1. The zero-order valence-corrected chi connectivity index (χ0v) is 11.8. The van der Waals surface area contributed by atoms with Gasteiger partial charge in [-0.2, -0.15) is 0 Å². The SMILES string of the molecule is Cc1ccc(Cl)cc1OCc1ccc(C(=O)NN)s1. The van der Waals surface area contributed by atoms with E-state index in [0.717, 1.165) is 16.2 Å². The van der Waals surface area contributed by atoms with Crippen molar-refractivity contribution >= 4 is 28.8 Å². The number of ether oxygens (including phenoxy) is 1. The smallest absolute Gasteiger partial charge is 0.275 e. The molecular formula is C13H13ClN2O2S. The minimum atomic E-state index is -0.296. The van der Waals surface area contributed by atoms with Crippen LogP contribution < -0.4 is 16.0 Å². The molecule has 0 aliphatic rings. The molecule has 0 bridgehead atoms. The number of amides is 1. The summed E-state index contributed by atoms with van der Waals surface area (Å²) in [6, 6.07) is 9.06. The van der Waals surface area contributed by atoms with Crippen LogP contribution in [0.2, 0.25) is 5.02 Å². The van der Waals surface area contributed by atoms with E-state index in [1.807, 2.05) is 25.1 Å². The van der Waals surface area contributed by atoms with Crippen LogP contribution in [0.4, 0.5) is 0 Å². The molecule has 0 aliphatic carbocycles. The summed E-state index contributed by atoms with van der Waals surface area (Å²) in [6.45, 7) is 2.34. The van der Waals surface area contributed by atoms with E-state index in [1.165, 1.54) is 11.3 Å².